The molecule has 0 aromatic heterocycles. The Labute approximate surface area is 82.0 Å². The van der Waals surface area contributed by atoms with Crippen molar-refractivity contribution in [1.29, 1.82) is 0 Å². The number of hydrogen-bond acceptors (Lipinski definition) is 4. The molecule has 0 amide bonds. The zero-order valence-corrected chi connectivity index (χ0v) is 10.1. The lowest BCUT2D eigenvalue weighted by Gasteiger charge is -2.27. The van der Waals surface area contributed by atoms with Gasteiger partial charge < -0.3 is 13.3 Å². The summed E-state index contributed by atoms with van der Waals surface area (Å²) in [4.78, 5) is 3.17. The Morgan fingerprint density at radius 2 is 1.23 bits per heavy atom. The molecule has 0 saturated heterocycles. The maximum Gasteiger partial charge on any atom is 0.596 e. The Balaban J connectivity index is 4.19. The summed E-state index contributed by atoms with van der Waals surface area (Å²) in [6, 6.07) is 0. The van der Waals surface area contributed by atoms with E-state index in [4.69, 9.17) is 13.3 Å². The van der Waals surface area contributed by atoms with Crippen molar-refractivity contribution in [3.8, 4) is 0 Å². The molecule has 0 atom stereocenters. The third-order valence-electron chi connectivity index (χ3n) is 1.40. The van der Waals surface area contributed by atoms with E-state index in [-0.39, 0.29) is 0 Å². The Kier molecular flexibility index (Phi) is 7.49. The molecule has 0 aliphatic rings. The third-order valence-corrected chi connectivity index (χ3v) is 4.19. The highest BCUT2D eigenvalue weighted by molar-refractivity contribution is 6.57. The Hall–Kier alpha value is 0.0569. The largest absolute Gasteiger partial charge is 0.596 e. The third kappa shape index (κ3) is 4.73. The van der Waals surface area contributed by atoms with Crippen LogP contribution >= 0.6 is 0 Å². The van der Waals surface area contributed by atoms with Crippen molar-refractivity contribution in [1.82, 2.24) is 4.98 Å². The van der Waals surface area contributed by atoms with Gasteiger partial charge in [0.25, 0.3) is 0 Å². The fourth-order valence-electron chi connectivity index (χ4n) is 1.06. The molecule has 5 heteroatoms. The van der Waals surface area contributed by atoms with E-state index in [9.17, 15) is 0 Å². The summed E-state index contributed by atoms with van der Waals surface area (Å²) >= 11 is 0. The van der Waals surface area contributed by atoms with E-state index >= 15 is 0 Å². The zero-order valence-electron chi connectivity index (χ0n) is 9.05. The normalized spacial score (nSPS) is 12.0. The minimum absolute atomic E-state index is 0.610. The van der Waals surface area contributed by atoms with Crippen LogP contribution in [0.25, 0.3) is 0 Å². The average molecular weight is 207 g/mol. The molecule has 1 N–H and O–H groups in total. The van der Waals surface area contributed by atoms with Crippen molar-refractivity contribution in [3.05, 3.63) is 0 Å². The van der Waals surface area contributed by atoms with Gasteiger partial charge >= 0.3 is 8.97 Å². The molecule has 0 radical (unpaired) electrons. The van der Waals surface area contributed by atoms with E-state index in [0.717, 1.165) is 6.54 Å². The summed E-state index contributed by atoms with van der Waals surface area (Å²) in [5.41, 5.74) is 0. The number of nitrogens with one attached hydrogen (secondary N) is 1. The van der Waals surface area contributed by atoms with Crippen LogP contribution < -0.4 is 4.98 Å². The molecule has 0 aromatic rings. The SMILES string of the molecule is CCN[Si](OCC)(OCC)OCC. The van der Waals surface area contributed by atoms with E-state index < -0.39 is 8.97 Å². The van der Waals surface area contributed by atoms with Crippen molar-refractivity contribution in [2.45, 2.75) is 27.7 Å². The summed E-state index contributed by atoms with van der Waals surface area (Å²) in [5, 5.41) is 0. The summed E-state index contributed by atoms with van der Waals surface area (Å²) in [6.07, 6.45) is 0. The van der Waals surface area contributed by atoms with Crippen LogP contribution in [0.15, 0.2) is 0 Å². The van der Waals surface area contributed by atoms with Crippen LogP contribution in [-0.4, -0.2) is 35.3 Å². The maximum atomic E-state index is 5.53. The second-order valence-corrected chi connectivity index (χ2v) is 4.72. The first kappa shape index (κ1) is 13.1. The molecular weight excluding hydrogens is 186 g/mol. The van der Waals surface area contributed by atoms with Gasteiger partial charge in [0.15, 0.2) is 0 Å². The molecule has 0 aliphatic heterocycles. The predicted octanol–water partition coefficient (Wildman–Crippen LogP) is 1.14. The predicted molar refractivity (Wildman–Crippen MR) is 54.3 cm³/mol. The van der Waals surface area contributed by atoms with Crippen LogP contribution in [0.5, 0.6) is 0 Å². The van der Waals surface area contributed by atoms with Gasteiger partial charge in [-0.25, -0.2) is 0 Å². The Bertz CT molecular complexity index is 94.4. The van der Waals surface area contributed by atoms with Gasteiger partial charge in [0.05, 0.1) is 0 Å². The van der Waals surface area contributed by atoms with Gasteiger partial charge in [-0.2, -0.15) is 0 Å². The standard InChI is InChI=1S/C8H21NO3Si/c1-5-9-13(10-6-2,11-7-3)12-8-4/h9H,5-8H2,1-4H3. The van der Waals surface area contributed by atoms with Crippen LogP contribution in [0.1, 0.15) is 27.7 Å². The molecule has 13 heavy (non-hydrogen) atoms. The molecule has 0 unspecified atom stereocenters. The van der Waals surface area contributed by atoms with Crippen molar-refractivity contribution < 1.29 is 13.3 Å². The molecule has 0 saturated carbocycles. The first-order valence-corrected chi connectivity index (χ1v) is 6.64. The first-order chi connectivity index (χ1) is 6.24. The molecule has 0 rings (SSSR count). The second kappa shape index (κ2) is 7.46. The van der Waals surface area contributed by atoms with Gasteiger partial charge in [0.2, 0.25) is 0 Å². The van der Waals surface area contributed by atoms with Crippen molar-refractivity contribution >= 4 is 8.97 Å². The first-order valence-electron chi connectivity index (χ1n) is 4.91. The van der Waals surface area contributed by atoms with Gasteiger partial charge in [-0.3, -0.25) is 4.98 Å². The lowest BCUT2D eigenvalue weighted by atomic mass is 10.8. The van der Waals surface area contributed by atoms with E-state index in [1.54, 1.807) is 0 Å². The van der Waals surface area contributed by atoms with Gasteiger partial charge in [0.1, 0.15) is 0 Å². The summed E-state index contributed by atoms with van der Waals surface area (Å²) in [5.74, 6) is 0. The molecule has 0 spiro atoms. The molecule has 0 aromatic carbocycles. The van der Waals surface area contributed by atoms with Crippen LogP contribution in [0.2, 0.25) is 0 Å². The average Bonchev–Trinajstić information content (AvgIpc) is 2.06. The van der Waals surface area contributed by atoms with Crippen molar-refractivity contribution in [2.24, 2.45) is 0 Å². The highest BCUT2D eigenvalue weighted by Gasteiger charge is 2.40. The molecule has 0 bridgehead atoms. The van der Waals surface area contributed by atoms with Crippen LogP contribution in [0.3, 0.4) is 0 Å². The fraction of sp³-hybridized carbons (Fsp3) is 1.00. The number of rotatable bonds is 8. The monoisotopic (exact) mass is 207 g/mol. The fourth-order valence-corrected chi connectivity index (χ4v) is 3.19. The Morgan fingerprint density at radius 3 is 1.46 bits per heavy atom. The quantitative estimate of drug-likeness (QED) is 0.606. The van der Waals surface area contributed by atoms with E-state index in [0.29, 0.717) is 19.8 Å². The lowest BCUT2D eigenvalue weighted by Crippen LogP contribution is -2.59. The van der Waals surface area contributed by atoms with Crippen LogP contribution in [0, 0.1) is 0 Å². The molecule has 0 fully saturated rings. The van der Waals surface area contributed by atoms with E-state index in [1.807, 2.05) is 27.7 Å². The summed E-state index contributed by atoms with van der Waals surface area (Å²) < 4.78 is 16.6. The minimum Gasteiger partial charge on any atom is -0.361 e. The van der Waals surface area contributed by atoms with Gasteiger partial charge in [-0.05, 0) is 27.3 Å². The highest BCUT2D eigenvalue weighted by Crippen LogP contribution is 2.05. The van der Waals surface area contributed by atoms with Crippen molar-refractivity contribution in [3.63, 3.8) is 0 Å². The van der Waals surface area contributed by atoms with Gasteiger partial charge in [-0.1, -0.05) is 6.92 Å². The van der Waals surface area contributed by atoms with E-state index in [1.165, 1.54) is 0 Å². The maximum absolute atomic E-state index is 5.53. The van der Waals surface area contributed by atoms with Crippen molar-refractivity contribution in [2.75, 3.05) is 26.4 Å². The molecule has 0 heterocycles. The molecule has 80 valence electrons. The summed E-state index contributed by atoms with van der Waals surface area (Å²) in [7, 11) is -2.55. The summed E-state index contributed by atoms with van der Waals surface area (Å²) in [6.45, 7) is 10.5. The number of hydrogen-bond donors (Lipinski definition) is 1. The van der Waals surface area contributed by atoms with Gasteiger partial charge in [0, 0.05) is 19.8 Å². The zero-order chi connectivity index (χ0) is 10.2. The Morgan fingerprint density at radius 1 is 0.846 bits per heavy atom. The van der Waals surface area contributed by atoms with Gasteiger partial charge in [-0.15, -0.1) is 0 Å². The minimum atomic E-state index is -2.55. The molecular formula is C8H21NO3Si. The molecule has 4 nitrogen and oxygen atoms in total. The van der Waals surface area contributed by atoms with Crippen LogP contribution in [-0.2, 0) is 13.3 Å². The highest BCUT2D eigenvalue weighted by atomic mass is 28.4. The molecule has 0 aliphatic carbocycles. The smallest absolute Gasteiger partial charge is 0.361 e. The lowest BCUT2D eigenvalue weighted by molar-refractivity contribution is 0.0605. The van der Waals surface area contributed by atoms with Crippen LogP contribution in [0.4, 0.5) is 0 Å². The topological polar surface area (TPSA) is 39.7 Å². The van der Waals surface area contributed by atoms with E-state index in [2.05, 4.69) is 4.98 Å². The second-order valence-electron chi connectivity index (χ2n) is 2.39.